The predicted molar refractivity (Wildman–Crippen MR) is 83.0 cm³/mol. The van der Waals surface area contributed by atoms with Gasteiger partial charge in [-0.15, -0.1) is 0 Å². The number of rotatable bonds is 6. The highest BCUT2D eigenvalue weighted by atomic mass is 32.1. The molecule has 0 bridgehead atoms. The minimum Gasteiger partial charge on any atom is -0.353 e. The quantitative estimate of drug-likeness (QED) is 0.759. The van der Waals surface area contributed by atoms with Crippen LogP contribution in [0.5, 0.6) is 0 Å². The first-order valence-corrected chi connectivity index (χ1v) is 7.69. The zero-order valence-electron chi connectivity index (χ0n) is 11.5. The van der Waals surface area contributed by atoms with Gasteiger partial charge in [-0.3, -0.25) is 9.48 Å². The van der Waals surface area contributed by atoms with Crippen molar-refractivity contribution in [3.8, 4) is 11.3 Å². The Bertz CT molecular complexity index is 685. The zero-order valence-corrected chi connectivity index (χ0v) is 12.3. The lowest BCUT2D eigenvalue weighted by Crippen LogP contribution is -2.30. The van der Waals surface area contributed by atoms with Crippen LogP contribution in [0.15, 0.2) is 53.6 Å². The maximum atomic E-state index is 11.7. The summed E-state index contributed by atoms with van der Waals surface area (Å²) in [5.41, 5.74) is 2.10. The molecule has 21 heavy (non-hydrogen) atoms. The molecule has 108 valence electrons. The van der Waals surface area contributed by atoms with Crippen LogP contribution in [0, 0.1) is 0 Å². The van der Waals surface area contributed by atoms with Gasteiger partial charge in [-0.2, -0.15) is 16.4 Å². The van der Waals surface area contributed by atoms with Crippen LogP contribution in [0.1, 0.15) is 0 Å². The number of thiophene rings is 1. The summed E-state index contributed by atoms with van der Waals surface area (Å²) in [6, 6.07) is 7.85. The lowest BCUT2D eigenvalue weighted by Gasteiger charge is -2.06. The van der Waals surface area contributed by atoms with E-state index in [1.54, 1.807) is 11.3 Å². The highest BCUT2D eigenvalue weighted by Crippen LogP contribution is 2.19. The van der Waals surface area contributed by atoms with Crippen molar-refractivity contribution in [1.82, 2.24) is 19.7 Å². The smallest absolute Gasteiger partial charge is 0.239 e. The molecule has 0 fully saturated rings. The summed E-state index contributed by atoms with van der Waals surface area (Å²) in [4.78, 5) is 11.7. The largest absolute Gasteiger partial charge is 0.353 e. The molecule has 0 radical (unpaired) electrons. The Morgan fingerprint density at radius 2 is 2.10 bits per heavy atom. The second kappa shape index (κ2) is 6.41. The molecule has 3 rings (SSSR count). The molecule has 5 nitrogen and oxygen atoms in total. The summed E-state index contributed by atoms with van der Waals surface area (Å²) < 4.78 is 3.70. The fraction of sp³-hybridized carbons (Fsp3) is 0.200. The van der Waals surface area contributed by atoms with Crippen molar-refractivity contribution in [1.29, 1.82) is 0 Å². The van der Waals surface area contributed by atoms with E-state index in [1.807, 2.05) is 51.4 Å². The molecule has 1 amide bonds. The number of nitrogens with zero attached hydrogens (tertiary/aromatic N) is 3. The molecule has 6 heteroatoms. The van der Waals surface area contributed by atoms with Crippen molar-refractivity contribution in [2.75, 3.05) is 6.54 Å². The maximum absolute atomic E-state index is 11.7. The van der Waals surface area contributed by atoms with Gasteiger partial charge in [0, 0.05) is 36.1 Å². The molecular weight excluding hydrogens is 284 g/mol. The van der Waals surface area contributed by atoms with Crippen LogP contribution in [-0.2, 0) is 17.9 Å². The second-order valence-corrected chi connectivity index (χ2v) is 5.46. The van der Waals surface area contributed by atoms with Gasteiger partial charge in [0.2, 0.25) is 5.91 Å². The van der Waals surface area contributed by atoms with E-state index in [1.165, 1.54) is 0 Å². The van der Waals surface area contributed by atoms with E-state index in [-0.39, 0.29) is 5.91 Å². The van der Waals surface area contributed by atoms with Crippen LogP contribution in [0.2, 0.25) is 0 Å². The molecule has 0 saturated carbocycles. The van der Waals surface area contributed by atoms with Crippen LogP contribution < -0.4 is 5.32 Å². The van der Waals surface area contributed by atoms with E-state index in [4.69, 9.17) is 0 Å². The number of amides is 1. The number of hydrogen-bond acceptors (Lipinski definition) is 3. The van der Waals surface area contributed by atoms with Crippen molar-refractivity contribution >= 4 is 17.2 Å². The van der Waals surface area contributed by atoms with Crippen molar-refractivity contribution in [2.45, 2.75) is 13.1 Å². The minimum absolute atomic E-state index is 0.0106. The summed E-state index contributed by atoms with van der Waals surface area (Å²) >= 11 is 1.66. The Labute approximate surface area is 126 Å². The van der Waals surface area contributed by atoms with E-state index in [0.29, 0.717) is 19.6 Å². The first-order valence-electron chi connectivity index (χ1n) is 6.75. The molecule has 0 aliphatic carbocycles. The maximum Gasteiger partial charge on any atom is 0.239 e. The molecule has 0 atom stereocenters. The lowest BCUT2D eigenvalue weighted by molar-refractivity contribution is -0.121. The third kappa shape index (κ3) is 3.61. The average Bonchev–Trinajstić information content (AvgIpc) is 3.21. The molecule has 0 spiro atoms. The van der Waals surface area contributed by atoms with Gasteiger partial charge in [0.1, 0.15) is 6.54 Å². The lowest BCUT2D eigenvalue weighted by atomic mass is 10.2. The molecule has 3 heterocycles. The Morgan fingerprint density at radius 3 is 2.86 bits per heavy atom. The van der Waals surface area contributed by atoms with E-state index >= 15 is 0 Å². The van der Waals surface area contributed by atoms with Crippen molar-refractivity contribution in [3.05, 3.63) is 53.6 Å². The Balaban J connectivity index is 1.46. The number of aromatic nitrogens is 3. The molecule has 3 aromatic heterocycles. The highest BCUT2D eigenvalue weighted by Gasteiger charge is 2.04. The summed E-state index contributed by atoms with van der Waals surface area (Å²) in [7, 11) is 0. The Morgan fingerprint density at radius 1 is 1.24 bits per heavy atom. The van der Waals surface area contributed by atoms with Crippen LogP contribution in [0.4, 0.5) is 0 Å². The summed E-state index contributed by atoms with van der Waals surface area (Å²) in [6.45, 7) is 1.60. The van der Waals surface area contributed by atoms with Gasteiger partial charge < -0.3 is 9.88 Å². The van der Waals surface area contributed by atoms with Crippen LogP contribution >= 0.6 is 11.3 Å². The Kier molecular flexibility index (Phi) is 4.16. The van der Waals surface area contributed by atoms with Crippen molar-refractivity contribution in [2.24, 2.45) is 0 Å². The van der Waals surface area contributed by atoms with E-state index in [0.717, 1.165) is 11.3 Å². The molecular formula is C15H16N4OS. The number of hydrogen-bond donors (Lipinski definition) is 1. The zero-order chi connectivity index (χ0) is 14.5. The van der Waals surface area contributed by atoms with Gasteiger partial charge >= 0.3 is 0 Å². The average molecular weight is 300 g/mol. The van der Waals surface area contributed by atoms with Crippen LogP contribution in [0.3, 0.4) is 0 Å². The summed E-state index contributed by atoms with van der Waals surface area (Å²) in [5, 5.41) is 11.5. The highest BCUT2D eigenvalue weighted by molar-refractivity contribution is 7.08. The molecule has 0 aliphatic rings. The van der Waals surface area contributed by atoms with Gasteiger partial charge in [-0.05, 0) is 29.6 Å². The van der Waals surface area contributed by atoms with E-state index in [9.17, 15) is 4.79 Å². The molecule has 1 N–H and O–H groups in total. The van der Waals surface area contributed by atoms with Crippen molar-refractivity contribution < 1.29 is 4.79 Å². The molecule has 0 aliphatic heterocycles. The fourth-order valence-electron chi connectivity index (χ4n) is 2.06. The van der Waals surface area contributed by atoms with Crippen molar-refractivity contribution in [3.63, 3.8) is 0 Å². The van der Waals surface area contributed by atoms with E-state index < -0.39 is 0 Å². The van der Waals surface area contributed by atoms with Gasteiger partial charge in [0.25, 0.3) is 0 Å². The first kappa shape index (κ1) is 13.6. The Hall–Kier alpha value is -2.34. The summed E-state index contributed by atoms with van der Waals surface area (Å²) in [6.07, 6.45) is 5.69. The normalized spacial score (nSPS) is 10.7. The standard InChI is InChI=1S/C15H16N4OS/c20-15(11-18-6-1-2-7-18)16-5-9-19-8-3-14(17-19)13-4-10-21-12-13/h1-4,6-8,10,12H,5,9,11H2,(H,16,20). The third-order valence-corrected chi connectivity index (χ3v) is 3.80. The summed E-state index contributed by atoms with van der Waals surface area (Å²) in [5.74, 6) is 0.0106. The predicted octanol–water partition coefficient (Wildman–Crippen LogP) is 2.23. The SMILES string of the molecule is O=C(Cn1cccc1)NCCn1ccc(-c2ccsc2)n1. The van der Waals surface area contributed by atoms with Gasteiger partial charge in [-0.1, -0.05) is 0 Å². The third-order valence-electron chi connectivity index (χ3n) is 3.11. The molecule has 0 unspecified atom stereocenters. The van der Waals surface area contributed by atoms with Gasteiger partial charge in [0.05, 0.1) is 12.2 Å². The van der Waals surface area contributed by atoms with Crippen LogP contribution in [-0.4, -0.2) is 26.8 Å². The minimum atomic E-state index is 0.0106. The van der Waals surface area contributed by atoms with Gasteiger partial charge in [-0.25, -0.2) is 0 Å². The molecule has 0 aromatic carbocycles. The fourth-order valence-corrected chi connectivity index (χ4v) is 2.71. The number of nitrogens with one attached hydrogen (secondary N) is 1. The molecule has 0 saturated heterocycles. The van der Waals surface area contributed by atoms with E-state index in [2.05, 4.69) is 21.9 Å². The number of carbonyl (C=O) groups excluding carboxylic acids is 1. The topological polar surface area (TPSA) is 51.9 Å². The monoisotopic (exact) mass is 300 g/mol. The number of carbonyl (C=O) groups is 1. The molecule has 3 aromatic rings. The van der Waals surface area contributed by atoms with Gasteiger partial charge in [0.15, 0.2) is 0 Å². The first-order chi connectivity index (χ1) is 10.3. The van der Waals surface area contributed by atoms with Crippen LogP contribution in [0.25, 0.3) is 11.3 Å². The second-order valence-electron chi connectivity index (χ2n) is 4.68.